The minimum absolute atomic E-state index is 0.00271. The predicted molar refractivity (Wildman–Crippen MR) is 76.1 cm³/mol. The van der Waals surface area contributed by atoms with Crippen molar-refractivity contribution in [2.75, 3.05) is 16.8 Å². The third-order valence-corrected chi connectivity index (χ3v) is 3.56. The highest BCUT2D eigenvalue weighted by molar-refractivity contribution is 5.97. The van der Waals surface area contributed by atoms with E-state index in [1.165, 1.54) is 0 Å². The fourth-order valence-corrected chi connectivity index (χ4v) is 2.12. The lowest BCUT2D eigenvalue weighted by molar-refractivity contribution is -0.119. The molecule has 1 heterocycles. The molecule has 1 saturated heterocycles. The normalized spacial score (nSPS) is 16.5. The number of amides is 2. The van der Waals surface area contributed by atoms with Gasteiger partial charge >= 0.3 is 0 Å². The number of anilines is 2. The van der Waals surface area contributed by atoms with Gasteiger partial charge in [0.25, 0.3) is 0 Å². The van der Waals surface area contributed by atoms with E-state index in [0.717, 1.165) is 30.8 Å². The summed E-state index contributed by atoms with van der Waals surface area (Å²) in [6.45, 7) is 4.66. The fraction of sp³-hybridized carbons (Fsp3) is 0.467. The molecule has 0 aliphatic carbocycles. The van der Waals surface area contributed by atoms with E-state index in [4.69, 9.17) is 0 Å². The van der Waals surface area contributed by atoms with Gasteiger partial charge in [-0.05, 0) is 31.0 Å². The van der Waals surface area contributed by atoms with Gasteiger partial charge in [-0.25, -0.2) is 0 Å². The van der Waals surface area contributed by atoms with Gasteiger partial charge in [0.15, 0.2) is 0 Å². The number of hydrogen-bond donors (Lipinski definition) is 1. The summed E-state index contributed by atoms with van der Waals surface area (Å²) in [6.07, 6.45) is 2.34. The Morgan fingerprint density at radius 2 is 2.26 bits per heavy atom. The lowest BCUT2D eigenvalue weighted by atomic mass is 10.1. The van der Waals surface area contributed by atoms with Crippen molar-refractivity contribution in [1.82, 2.24) is 0 Å². The van der Waals surface area contributed by atoms with Crippen molar-refractivity contribution in [3.05, 3.63) is 24.3 Å². The summed E-state index contributed by atoms with van der Waals surface area (Å²) in [5.41, 5.74) is 1.62. The van der Waals surface area contributed by atoms with Gasteiger partial charge in [-0.15, -0.1) is 0 Å². The van der Waals surface area contributed by atoms with E-state index in [-0.39, 0.29) is 17.7 Å². The van der Waals surface area contributed by atoms with Crippen LogP contribution in [0.15, 0.2) is 24.3 Å². The highest BCUT2D eigenvalue weighted by Crippen LogP contribution is 2.24. The van der Waals surface area contributed by atoms with Crippen LogP contribution < -0.4 is 10.2 Å². The van der Waals surface area contributed by atoms with Gasteiger partial charge in [0.05, 0.1) is 0 Å². The SMILES string of the molecule is CC[C@H](C)C(=O)Nc1cccc(N2CCCC2=O)c1. The Labute approximate surface area is 113 Å². The van der Waals surface area contributed by atoms with Crippen LogP contribution in [0.25, 0.3) is 0 Å². The third-order valence-electron chi connectivity index (χ3n) is 3.56. The molecule has 1 atom stereocenters. The van der Waals surface area contributed by atoms with E-state index in [2.05, 4.69) is 5.32 Å². The van der Waals surface area contributed by atoms with Gasteiger partial charge in [-0.2, -0.15) is 0 Å². The average Bonchev–Trinajstić information content (AvgIpc) is 2.84. The zero-order valence-corrected chi connectivity index (χ0v) is 11.5. The van der Waals surface area contributed by atoms with E-state index in [0.29, 0.717) is 6.42 Å². The topological polar surface area (TPSA) is 49.4 Å². The molecule has 19 heavy (non-hydrogen) atoms. The van der Waals surface area contributed by atoms with Crippen LogP contribution in [0.3, 0.4) is 0 Å². The Bertz CT molecular complexity index is 485. The Morgan fingerprint density at radius 1 is 1.47 bits per heavy atom. The van der Waals surface area contributed by atoms with Crippen molar-refractivity contribution in [2.45, 2.75) is 33.1 Å². The molecular weight excluding hydrogens is 240 g/mol. The second-order valence-corrected chi connectivity index (χ2v) is 5.00. The van der Waals surface area contributed by atoms with Crippen LogP contribution >= 0.6 is 0 Å². The summed E-state index contributed by atoms with van der Waals surface area (Å²) < 4.78 is 0. The van der Waals surface area contributed by atoms with Crippen molar-refractivity contribution in [1.29, 1.82) is 0 Å². The molecule has 4 heteroatoms. The molecule has 102 valence electrons. The first-order valence-electron chi connectivity index (χ1n) is 6.83. The summed E-state index contributed by atoms with van der Waals surface area (Å²) in [5, 5.41) is 2.89. The van der Waals surface area contributed by atoms with Gasteiger partial charge in [0.1, 0.15) is 0 Å². The van der Waals surface area contributed by atoms with Crippen LogP contribution in [0, 0.1) is 5.92 Å². The molecular formula is C15H20N2O2. The second kappa shape index (κ2) is 5.87. The van der Waals surface area contributed by atoms with E-state index < -0.39 is 0 Å². The van der Waals surface area contributed by atoms with Gasteiger partial charge in [0.2, 0.25) is 11.8 Å². The van der Waals surface area contributed by atoms with Gasteiger partial charge in [-0.1, -0.05) is 19.9 Å². The molecule has 1 fully saturated rings. The minimum Gasteiger partial charge on any atom is -0.326 e. The molecule has 2 rings (SSSR count). The highest BCUT2D eigenvalue weighted by atomic mass is 16.2. The number of carbonyl (C=O) groups excluding carboxylic acids is 2. The van der Waals surface area contributed by atoms with Gasteiger partial charge in [-0.3, -0.25) is 9.59 Å². The van der Waals surface area contributed by atoms with Crippen LogP contribution in [0.2, 0.25) is 0 Å². The van der Waals surface area contributed by atoms with Gasteiger partial charge < -0.3 is 10.2 Å². The number of benzene rings is 1. The Morgan fingerprint density at radius 3 is 2.89 bits per heavy atom. The smallest absolute Gasteiger partial charge is 0.227 e. The third kappa shape index (κ3) is 3.13. The molecule has 1 aromatic carbocycles. The maximum absolute atomic E-state index is 11.8. The van der Waals surface area contributed by atoms with Crippen LogP contribution in [-0.2, 0) is 9.59 Å². The van der Waals surface area contributed by atoms with Crippen LogP contribution in [0.5, 0.6) is 0 Å². The summed E-state index contributed by atoms with van der Waals surface area (Å²) in [4.78, 5) is 25.3. The number of carbonyl (C=O) groups is 2. The quantitative estimate of drug-likeness (QED) is 0.905. The summed E-state index contributed by atoms with van der Waals surface area (Å²) in [6, 6.07) is 7.49. The zero-order valence-electron chi connectivity index (χ0n) is 11.5. The fourth-order valence-electron chi connectivity index (χ4n) is 2.12. The van der Waals surface area contributed by atoms with Crippen molar-refractivity contribution in [3.63, 3.8) is 0 Å². The Kier molecular flexibility index (Phi) is 4.20. The highest BCUT2D eigenvalue weighted by Gasteiger charge is 2.21. The first-order chi connectivity index (χ1) is 9.11. The summed E-state index contributed by atoms with van der Waals surface area (Å²) in [5.74, 6) is 0.176. The molecule has 0 saturated carbocycles. The van der Waals surface area contributed by atoms with Crippen LogP contribution in [0.4, 0.5) is 11.4 Å². The van der Waals surface area contributed by atoms with Crippen LogP contribution in [-0.4, -0.2) is 18.4 Å². The standard InChI is InChI=1S/C15H20N2O2/c1-3-11(2)15(19)16-12-6-4-7-13(10-12)17-9-5-8-14(17)18/h4,6-7,10-11H,3,5,8-9H2,1-2H3,(H,16,19)/t11-/m0/s1. The molecule has 0 radical (unpaired) electrons. The molecule has 1 aliphatic heterocycles. The molecule has 0 unspecified atom stereocenters. The Balaban J connectivity index is 2.11. The second-order valence-electron chi connectivity index (χ2n) is 5.00. The zero-order chi connectivity index (χ0) is 13.8. The van der Waals surface area contributed by atoms with Crippen molar-refractivity contribution in [2.24, 2.45) is 5.92 Å². The molecule has 0 spiro atoms. The van der Waals surface area contributed by atoms with Crippen molar-refractivity contribution < 1.29 is 9.59 Å². The van der Waals surface area contributed by atoms with Crippen molar-refractivity contribution >= 4 is 23.2 Å². The van der Waals surface area contributed by atoms with E-state index in [1.54, 1.807) is 4.90 Å². The average molecular weight is 260 g/mol. The van der Waals surface area contributed by atoms with E-state index in [9.17, 15) is 9.59 Å². The lowest BCUT2D eigenvalue weighted by Gasteiger charge is -2.17. The molecule has 0 bridgehead atoms. The number of rotatable bonds is 4. The maximum atomic E-state index is 11.8. The summed E-state index contributed by atoms with van der Waals surface area (Å²) >= 11 is 0. The first kappa shape index (κ1) is 13.6. The van der Waals surface area contributed by atoms with Gasteiger partial charge in [0, 0.05) is 30.3 Å². The Hall–Kier alpha value is -1.84. The maximum Gasteiger partial charge on any atom is 0.227 e. The predicted octanol–water partition coefficient (Wildman–Crippen LogP) is 2.80. The van der Waals surface area contributed by atoms with Crippen molar-refractivity contribution in [3.8, 4) is 0 Å². The van der Waals surface area contributed by atoms with E-state index in [1.807, 2.05) is 38.1 Å². The lowest BCUT2D eigenvalue weighted by Crippen LogP contribution is -2.24. The molecule has 2 amide bonds. The monoisotopic (exact) mass is 260 g/mol. The minimum atomic E-state index is -0.00271. The molecule has 1 aliphatic rings. The van der Waals surface area contributed by atoms with E-state index >= 15 is 0 Å². The summed E-state index contributed by atoms with van der Waals surface area (Å²) in [7, 11) is 0. The number of nitrogens with one attached hydrogen (secondary N) is 1. The molecule has 1 aromatic rings. The molecule has 0 aromatic heterocycles. The molecule has 1 N–H and O–H groups in total. The molecule has 4 nitrogen and oxygen atoms in total. The largest absolute Gasteiger partial charge is 0.326 e. The van der Waals surface area contributed by atoms with Crippen LogP contribution in [0.1, 0.15) is 33.1 Å². The number of hydrogen-bond acceptors (Lipinski definition) is 2. The first-order valence-corrected chi connectivity index (χ1v) is 6.83. The number of nitrogens with zero attached hydrogens (tertiary/aromatic N) is 1.